The minimum absolute atomic E-state index is 0.0964. The topological polar surface area (TPSA) is 73.2 Å². The quantitative estimate of drug-likeness (QED) is 0.454. The van der Waals surface area contributed by atoms with Gasteiger partial charge in [-0.3, -0.25) is 14.2 Å². The molecule has 0 spiro atoms. The molecule has 0 fully saturated rings. The summed E-state index contributed by atoms with van der Waals surface area (Å²) in [6.45, 7) is 7.82. The van der Waals surface area contributed by atoms with E-state index in [1.807, 2.05) is 58.0 Å². The molecule has 0 bridgehead atoms. The Morgan fingerprint density at radius 1 is 1.20 bits per heavy atom. The van der Waals surface area contributed by atoms with Gasteiger partial charge in [-0.15, -0.1) is 0 Å². The van der Waals surface area contributed by atoms with Crippen LogP contribution in [0.2, 0.25) is 0 Å². The van der Waals surface area contributed by atoms with Crippen molar-refractivity contribution < 1.29 is 9.53 Å². The first-order chi connectivity index (χ1) is 14.3. The summed E-state index contributed by atoms with van der Waals surface area (Å²) in [6, 6.07) is 14.5. The van der Waals surface area contributed by atoms with Crippen molar-refractivity contribution >= 4 is 28.6 Å². The van der Waals surface area contributed by atoms with Gasteiger partial charge in [-0.1, -0.05) is 43.0 Å². The average Bonchev–Trinajstić information content (AvgIpc) is 2.73. The second kappa shape index (κ2) is 8.92. The minimum Gasteiger partial charge on any atom is -0.495 e. The zero-order valence-corrected chi connectivity index (χ0v) is 18.7. The molecule has 1 heterocycles. The Kier molecular flexibility index (Phi) is 6.51. The molecule has 1 N–H and O–H groups in total. The largest absolute Gasteiger partial charge is 0.495 e. The zero-order chi connectivity index (χ0) is 21.9. The Labute approximate surface area is 180 Å². The highest BCUT2D eigenvalue weighted by molar-refractivity contribution is 8.00. The number of ether oxygens (including phenoxy) is 1. The third kappa shape index (κ3) is 4.51. The van der Waals surface area contributed by atoms with Crippen LogP contribution in [0.5, 0.6) is 5.75 Å². The van der Waals surface area contributed by atoms with Gasteiger partial charge in [0.05, 0.1) is 29.0 Å². The van der Waals surface area contributed by atoms with Crippen molar-refractivity contribution in [3.8, 4) is 11.4 Å². The van der Waals surface area contributed by atoms with Crippen LogP contribution in [-0.2, 0) is 4.79 Å². The third-order valence-electron chi connectivity index (χ3n) is 5.07. The monoisotopic (exact) mass is 425 g/mol. The van der Waals surface area contributed by atoms with Crippen molar-refractivity contribution in [1.82, 2.24) is 14.9 Å². The van der Waals surface area contributed by atoms with Gasteiger partial charge in [0.1, 0.15) is 5.75 Å². The van der Waals surface area contributed by atoms with Crippen molar-refractivity contribution in [1.29, 1.82) is 0 Å². The van der Waals surface area contributed by atoms with E-state index in [2.05, 4.69) is 5.32 Å². The van der Waals surface area contributed by atoms with Gasteiger partial charge in [0.25, 0.3) is 5.56 Å². The SMILES string of the molecule is CCC(C)(C)NC(=O)C(C)Sc1nc2ccccc2c(=O)n1-c1ccccc1OC. The summed E-state index contributed by atoms with van der Waals surface area (Å²) in [5.74, 6) is 0.462. The lowest BCUT2D eigenvalue weighted by Crippen LogP contribution is -2.46. The number of hydrogen-bond acceptors (Lipinski definition) is 5. The lowest BCUT2D eigenvalue weighted by molar-refractivity contribution is -0.121. The lowest BCUT2D eigenvalue weighted by Gasteiger charge is -2.26. The van der Waals surface area contributed by atoms with Gasteiger partial charge in [0, 0.05) is 5.54 Å². The van der Waals surface area contributed by atoms with Crippen LogP contribution in [0, 0.1) is 0 Å². The van der Waals surface area contributed by atoms with Gasteiger partial charge in [0.15, 0.2) is 5.16 Å². The minimum atomic E-state index is -0.440. The van der Waals surface area contributed by atoms with Crippen LogP contribution in [0.25, 0.3) is 16.6 Å². The highest BCUT2D eigenvalue weighted by atomic mass is 32.2. The number of para-hydroxylation sites is 3. The van der Waals surface area contributed by atoms with E-state index in [1.54, 1.807) is 25.3 Å². The maximum Gasteiger partial charge on any atom is 0.266 e. The number of methoxy groups -OCH3 is 1. The Morgan fingerprint density at radius 2 is 1.87 bits per heavy atom. The number of aromatic nitrogens is 2. The van der Waals surface area contributed by atoms with Crippen molar-refractivity contribution in [2.45, 2.75) is 50.1 Å². The van der Waals surface area contributed by atoms with Crippen molar-refractivity contribution in [3.05, 3.63) is 58.9 Å². The average molecular weight is 426 g/mol. The van der Waals surface area contributed by atoms with E-state index in [0.717, 1.165) is 6.42 Å². The second-order valence-corrected chi connectivity index (χ2v) is 9.02. The molecule has 6 nitrogen and oxygen atoms in total. The number of nitrogens with zero attached hydrogens (tertiary/aromatic N) is 2. The maximum absolute atomic E-state index is 13.4. The molecule has 0 saturated heterocycles. The van der Waals surface area contributed by atoms with Crippen LogP contribution < -0.4 is 15.6 Å². The summed E-state index contributed by atoms with van der Waals surface area (Å²) in [5, 5.41) is 3.58. The van der Waals surface area contributed by atoms with E-state index in [4.69, 9.17) is 9.72 Å². The summed E-state index contributed by atoms with van der Waals surface area (Å²) >= 11 is 1.26. The van der Waals surface area contributed by atoms with E-state index in [1.165, 1.54) is 16.3 Å². The number of nitrogens with one attached hydrogen (secondary N) is 1. The van der Waals surface area contributed by atoms with Crippen molar-refractivity contribution in [3.63, 3.8) is 0 Å². The van der Waals surface area contributed by atoms with Gasteiger partial charge in [-0.05, 0) is 51.5 Å². The molecule has 1 amide bonds. The zero-order valence-electron chi connectivity index (χ0n) is 17.9. The summed E-state index contributed by atoms with van der Waals surface area (Å²) in [5.41, 5.74) is 0.685. The predicted molar refractivity (Wildman–Crippen MR) is 122 cm³/mol. The fraction of sp³-hybridized carbons (Fsp3) is 0.348. The first-order valence-electron chi connectivity index (χ1n) is 9.91. The number of amides is 1. The molecule has 1 unspecified atom stereocenters. The summed E-state index contributed by atoms with van der Waals surface area (Å²) in [6.07, 6.45) is 0.816. The van der Waals surface area contributed by atoms with Crippen molar-refractivity contribution in [2.75, 3.05) is 7.11 Å². The molecular weight excluding hydrogens is 398 g/mol. The summed E-state index contributed by atoms with van der Waals surface area (Å²) in [7, 11) is 1.56. The number of carbonyl (C=O) groups is 1. The number of rotatable bonds is 7. The number of fused-ring (bicyclic) bond motifs is 1. The van der Waals surface area contributed by atoms with E-state index in [-0.39, 0.29) is 17.0 Å². The summed E-state index contributed by atoms with van der Waals surface area (Å²) in [4.78, 5) is 30.9. The van der Waals surface area contributed by atoms with Gasteiger partial charge >= 0.3 is 0 Å². The molecular formula is C23H27N3O3S. The number of benzene rings is 2. The van der Waals surface area contributed by atoms with Gasteiger partial charge in [-0.2, -0.15) is 0 Å². The highest BCUT2D eigenvalue weighted by Crippen LogP contribution is 2.29. The smallest absolute Gasteiger partial charge is 0.266 e. The molecule has 0 saturated carbocycles. The van der Waals surface area contributed by atoms with Crippen LogP contribution in [0.1, 0.15) is 34.1 Å². The third-order valence-corrected chi connectivity index (χ3v) is 6.12. The van der Waals surface area contributed by atoms with E-state index >= 15 is 0 Å². The molecule has 0 aliphatic rings. The molecule has 1 atom stereocenters. The molecule has 0 radical (unpaired) electrons. The van der Waals surface area contributed by atoms with E-state index in [9.17, 15) is 9.59 Å². The molecule has 0 aliphatic heterocycles. The number of carbonyl (C=O) groups excluding carboxylic acids is 1. The van der Waals surface area contributed by atoms with Crippen LogP contribution in [0.15, 0.2) is 58.5 Å². The normalized spacial score (nSPS) is 12.6. The molecule has 3 aromatic rings. The second-order valence-electron chi connectivity index (χ2n) is 7.71. The van der Waals surface area contributed by atoms with Crippen LogP contribution >= 0.6 is 11.8 Å². The highest BCUT2D eigenvalue weighted by Gasteiger charge is 2.25. The Morgan fingerprint density at radius 3 is 2.57 bits per heavy atom. The maximum atomic E-state index is 13.4. The lowest BCUT2D eigenvalue weighted by atomic mass is 10.0. The molecule has 158 valence electrons. The number of hydrogen-bond donors (Lipinski definition) is 1. The van der Waals surface area contributed by atoms with E-state index in [0.29, 0.717) is 27.5 Å². The standard InChI is InChI=1S/C23H27N3O3S/c1-6-23(3,4)25-20(27)15(2)30-22-24-17-12-8-7-11-16(17)21(28)26(22)18-13-9-10-14-19(18)29-5/h7-15H,6H2,1-5H3,(H,25,27). The molecule has 3 rings (SSSR count). The first kappa shape index (κ1) is 21.9. The molecule has 30 heavy (non-hydrogen) atoms. The molecule has 2 aromatic carbocycles. The van der Waals surface area contributed by atoms with Crippen molar-refractivity contribution in [2.24, 2.45) is 0 Å². The Balaban J connectivity index is 2.11. The molecule has 7 heteroatoms. The van der Waals surface area contributed by atoms with Crippen LogP contribution in [-0.4, -0.2) is 33.4 Å². The fourth-order valence-electron chi connectivity index (χ4n) is 2.95. The van der Waals surface area contributed by atoms with Gasteiger partial charge < -0.3 is 10.1 Å². The molecule has 0 aliphatic carbocycles. The van der Waals surface area contributed by atoms with Gasteiger partial charge in [-0.25, -0.2) is 4.98 Å². The predicted octanol–water partition coefficient (Wildman–Crippen LogP) is 4.18. The van der Waals surface area contributed by atoms with E-state index < -0.39 is 5.25 Å². The van der Waals surface area contributed by atoms with Gasteiger partial charge in [0.2, 0.25) is 5.91 Å². The van der Waals surface area contributed by atoms with Crippen LogP contribution in [0.3, 0.4) is 0 Å². The Bertz CT molecular complexity index is 1120. The number of thioether (sulfide) groups is 1. The van der Waals surface area contributed by atoms with Crippen LogP contribution in [0.4, 0.5) is 0 Å². The molecule has 1 aromatic heterocycles. The summed E-state index contributed by atoms with van der Waals surface area (Å²) < 4.78 is 7.01. The first-order valence-corrected chi connectivity index (χ1v) is 10.8. The fourth-order valence-corrected chi connectivity index (χ4v) is 3.87. The Hall–Kier alpha value is -2.80.